The van der Waals surface area contributed by atoms with Crippen LogP contribution in [0.2, 0.25) is 0 Å². The number of amides is 1. The number of hydrogen-bond donors (Lipinski definition) is 1. The maximum absolute atomic E-state index is 12.8. The number of ether oxygens (including phenoxy) is 1. The summed E-state index contributed by atoms with van der Waals surface area (Å²) in [6.45, 7) is 6.98. The Morgan fingerprint density at radius 1 is 1.15 bits per heavy atom. The van der Waals surface area contributed by atoms with Crippen LogP contribution in [0.3, 0.4) is 0 Å². The molecule has 5 heteroatoms. The van der Waals surface area contributed by atoms with Crippen molar-refractivity contribution in [2.75, 3.05) is 13.2 Å². The fraction of sp³-hybridized carbons (Fsp3) is 0.381. The Balaban J connectivity index is 1.72. The lowest BCUT2D eigenvalue weighted by Crippen LogP contribution is -2.30. The highest BCUT2D eigenvalue weighted by molar-refractivity contribution is 9.10. The predicted molar refractivity (Wildman–Crippen MR) is 106 cm³/mol. The topological polar surface area (TPSA) is 38.3 Å². The molecule has 0 bridgehead atoms. The Bertz CT molecular complexity index is 739. The van der Waals surface area contributed by atoms with E-state index in [2.05, 4.69) is 42.0 Å². The molecular weight excluding hydrogens is 397 g/mol. The van der Waals surface area contributed by atoms with Crippen molar-refractivity contribution in [3.05, 3.63) is 63.9 Å². The van der Waals surface area contributed by atoms with Crippen LogP contribution in [0.1, 0.15) is 38.3 Å². The number of carbonyl (C=O) groups excluding carboxylic acids is 1. The first-order chi connectivity index (χ1) is 12.3. The molecule has 1 amide bonds. The fourth-order valence-corrected chi connectivity index (χ4v) is 2.94. The van der Waals surface area contributed by atoms with Crippen LogP contribution in [0, 0.1) is 5.82 Å². The van der Waals surface area contributed by atoms with Gasteiger partial charge in [-0.2, -0.15) is 0 Å². The molecule has 0 aromatic heterocycles. The molecule has 0 saturated carbocycles. The Morgan fingerprint density at radius 3 is 2.46 bits per heavy atom. The van der Waals surface area contributed by atoms with Crippen molar-refractivity contribution >= 4 is 21.8 Å². The smallest absolute Gasteiger partial charge is 0.257 e. The normalized spacial score (nSPS) is 11.3. The number of carbonyl (C=O) groups is 1. The molecule has 0 aliphatic carbocycles. The number of rotatable bonds is 7. The van der Waals surface area contributed by atoms with Crippen molar-refractivity contribution in [1.82, 2.24) is 5.32 Å². The van der Waals surface area contributed by atoms with Gasteiger partial charge in [0.2, 0.25) is 0 Å². The minimum Gasteiger partial charge on any atom is -0.483 e. The highest BCUT2D eigenvalue weighted by Crippen LogP contribution is 2.31. The standard InChI is InChI=1S/C21H25BrFNO2/c1-21(2,3)16-8-11-19(18(22)13-16)26-14-20(25)24-12-4-5-15-6-9-17(23)10-7-15/h6-11,13H,4-5,12,14H2,1-3H3,(H,24,25). The Kier molecular flexibility index (Phi) is 7.21. The second-order valence-corrected chi connectivity index (χ2v) is 8.12. The summed E-state index contributed by atoms with van der Waals surface area (Å²) >= 11 is 3.50. The molecule has 0 saturated heterocycles. The lowest BCUT2D eigenvalue weighted by Gasteiger charge is -2.20. The number of hydrogen-bond acceptors (Lipinski definition) is 2. The van der Waals surface area contributed by atoms with Crippen LogP contribution in [-0.2, 0) is 16.6 Å². The van der Waals surface area contributed by atoms with Crippen LogP contribution < -0.4 is 10.1 Å². The van der Waals surface area contributed by atoms with Gasteiger partial charge in [0.25, 0.3) is 5.91 Å². The van der Waals surface area contributed by atoms with Gasteiger partial charge in [-0.05, 0) is 69.6 Å². The van der Waals surface area contributed by atoms with Gasteiger partial charge in [-0.15, -0.1) is 0 Å². The van der Waals surface area contributed by atoms with Gasteiger partial charge in [0, 0.05) is 6.54 Å². The maximum Gasteiger partial charge on any atom is 0.257 e. The van der Waals surface area contributed by atoms with Crippen molar-refractivity contribution in [1.29, 1.82) is 0 Å². The second kappa shape index (κ2) is 9.17. The molecule has 3 nitrogen and oxygen atoms in total. The van der Waals surface area contributed by atoms with E-state index in [1.807, 2.05) is 18.2 Å². The SMILES string of the molecule is CC(C)(C)c1ccc(OCC(=O)NCCCc2ccc(F)cc2)c(Br)c1. The largest absolute Gasteiger partial charge is 0.483 e. The lowest BCUT2D eigenvalue weighted by atomic mass is 9.87. The molecule has 0 spiro atoms. The minimum absolute atomic E-state index is 0.0238. The molecule has 2 aromatic carbocycles. The quantitative estimate of drug-likeness (QED) is 0.637. The zero-order chi connectivity index (χ0) is 19.2. The Labute approximate surface area is 163 Å². The molecule has 2 aromatic rings. The van der Waals surface area contributed by atoms with Crippen molar-refractivity contribution in [3.8, 4) is 5.75 Å². The number of aryl methyl sites for hydroxylation is 1. The van der Waals surface area contributed by atoms with E-state index < -0.39 is 0 Å². The lowest BCUT2D eigenvalue weighted by molar-refractivity contribution is -0.123. The van der Waals surface area contributed by atoms with Crippen molar-refractivity contribution in [3.63, 3.8) is 0 Å². The van der Waals surface area contributed by atoms with Gasteiger partial charge in [-0.1, -0.05) is 39.0 Å². The third-order valence-corrected chi connectivity index (χ3v) is 4.65. The molecule has 0 radical (unpaired) electrons. The predicted octanol–water partition coefficient (Wildman–Crippen LogP) is 5.01. The number of nitrogens with one attached hydrogen (secondary N) is 1. The highest BCUT2D eigenvalue weighted by atomic mass is 79.9. The summed E-state index contributed by atoms with van der Waals surface area (Å²) < 4.78 is 19.3. The van der Waals surface area contributed by atoms with E-state index in [1.165, 1.54) is 17.7 Å². The third-order valence-electron chi connectivity index (χ3n) is 4.03. The Morgan fingerprint density at radius 2 is 1.85 bits per heavy atom. The molecule has 0 unspecified atom stereocenters. The van der Waals surface area contributed by atoms with Gasteiger partial charge in [0.15, 0.2) is 6.61 Å². The van der Waals surface area contributed by atoms with Gasteiger partial charge in [0.1, 0.15) is 11.6 Å². The summed E-state index contributed by atoms with van der Waals surface area (Å²) in [5, 5.41) is 2.84. The number of halogens is 2. The van der Waals surface area contributed by atoms with E-state index in [1.54, 1.807) is 12.1 Å². The van der Waals surface area contributed by atoms with Crippen LogP contribution in [0.25, 0.3) is 0 Å². The van der Waals surface area contributed by atoms with Crippen LogP contribution >= 0.6 is 15.9 Å². The van der Waals surface area contributed by atoms with Crippen LogP contribution in [0.5, 0.6) is 5.75 Å². The van der Waals surface area contributed by atoms with E-state index in [-0.39, 0.29) is 23.7 Å². The van der Waals surface area contributed by atoms with Crippen molar-refractivity contribution in [2.24, 2.45) is 0 Å². The molecule has 0 aliphatic heterocycles. The third kappa shape index (κ3) is 6.45. The van der Waals surface area contributed by atoms with Gasteiger partial charge < -0.3 is 10.1 Å². The van der Waals surface area contributed by atoms with Crippen LogP contribution in [-0.4, -0.2) is 19.1 Å². The first kappa shape index (κ1) is 20.4. The first-order valence-corrected chi connectivity index (χ1v) is 9.49. The van der Waals surface area contributed by atoms with E-state index in [9.17, 15) is 9.18 Å². The Hall–Kier alpha value is -1.88. The minimum atomic E-state index is -0.235. The van der Waals surface area contributed by atoms with Gasteiger partial charge in [0.05, 0.1) is 4.47 Å². The molecule has 0 atom stereocenters. The van der Waals surface area contributed by atoms with E-state index >= 15 is 0 Å². The highest BCUT2D eigenvalue weighted by Gasteiger charge is 2.15. The molecule has 1 N–H and O–H groups in total. The van der Waals surface area contributed by atoms with Crippen molar-refractivity contribution in [2.45, 2.75) is 39.0 Å². The molecule has 0 aliphatic rings. The maximum atomic E-state index is 12.8. The van der Waals surface area contributed by atoms with Gasteiger partial charge >= 0.3 is 0 Å². The molecular formula is C21H25BrFNO2. The van der Waals surface area contributed by atoms with Crippen LogP contribution in [0.4, 0.5) is 4.39 Å². The molecule has 0 heterocycles. The first-order valence-electron chi connectivity index (χ1n) is 8.69. The second-order valence-electron chi connectivity index (χ2n) is 7.26. The van der Waals surface area contributed by atoms with E-state index in [0.717, 1.165) is 22.9 Å². The van der Waals surface area contributed by atoms with Gasteiger partial charge in [-0.25, -0.2) is 4.39 Å². The van der Waals surface area contributed by atoms with E-state index in [0.29, 0.717) is 12.3 Å². The molecule has 2 rings (SSSR count). The van der Waals surface area contributed by atoms with E-state index in [4.69, 9.17) is 4.74 Å². The molecule has 26 heavy (non-hydrogen) atoms. The summed E-state index contributed by atoms with van der Waals surface area (Å²) in [6, 6.07) is 12.3. The molecule has 140 valence electrons. The summed E-state index contributed by atoms with van der Waals surface area (Å²) in [6.07, 6.45) is 1.59. The molecule has 0 fully saturated rings. The summed E-state index contributed by atoms with van der Waals surface area (Å²) in [7, 11) is 0. The summed E-state index contributed by atoms with van der Waals surface area (Å²) in [5.41, 5.74) is 2.31. The summed E-state index contributed by atoms with van der Waals surface area (Å²) in [4.78, 5) is 11.9. The zero-order valence-corrected chi connectivity index (χ0v) is 17.0. The monoisotopic (exact) mass is 421 g/mol. The zero-order valence-electron chi connectivity index (χ0n) is 15.4. The van der Waals surface area contributed by atoms with Crippen molar-refractivity contribution < 1.29 is 13.9 Å². The average molecular weight is 422 g/mol. The average Bonchev–Trinajstić information content (AvgIpc) is 2.58. The summed E-state index contributed by atoms with van der Waals surface area (Å²) in [5.74, 6) is 0.260. The van der Waals surface area contributed by atoms with Crippen LogP contribution in [0.15, 0.2) is 46.9 Å². The van der Waals surface area contributed by atoms with Gasteiger partial charge in [-0.3, -0.25) is 4.79 Å². The number of benzene rings is 2. The fourth-order valence-electron chi connectivity index (χ4n) is 2.45.